The predicted molar refractivity (Wildman–Crippen MR) is 98.8 cm³/mol. The van der Waals surface area contributed by atoms with Crippen LogP contribution in [0.3, 0.4) is 0 Å². The monoisotopic (exact) mass is 417 g/mol. The smallest absolute Gasteiger partial charge is 0.417 e. The number of halogens is 4. The highest BCUT2D eigenvalue weighted by Crippen LogP contribution is 2.36. The van der Waals surface area contributed by atoms with E-state index in [9.17, 15) is 23.1 Å². The Labute approximate surface area is 165 Å². The average Bonchev–Trinajstić information content (AvgIpc) is 2.66. The molecule has 0 bridgehead atoms. The zero-order chi connectivity index (χ0) is 20.9. The van der Waals surface area contributed by atoms with Crippen molar-refractivity contribution in [2.45, 2.75) is 25.1 Å². The van der Waals surface area contributed by atoms with Crippen molar-refractivity contribution in [3.8, 4) is 11.5 Å². The van der Waals surface area contributed by atoms with Gasteiger partial charge >= 0.3 is 6.18 Å². The number of aliphatic hydroxyl groups is 1. The number of benzene rings is 2. The molecule has 0 saturated carbocycles. The van der Waals surface area contributed by atoms with Gasteiger partial charge in [0.1, 0.15) is 11.5 Å². The Bertz CT molecular complexity index is 842. The van der Waals surface area contributed by atoms with E-state index in [0.717, 1.165) is 12.1 Å². The molecule has 28 heavy (non-hydrogen) atoms. The first-order valence-electron chi connectivity index (χ1n) is 8.22. The van der Waals surface area contributed by atoms with Crippen LogP contribution in [0.5, 0.6) is 11.5 Å². The van der Waals surface area contributed by atoms with Crippen molar-refractivity contribution in [1.29, 1.82) is 0 Å². The van der Waals surface area contributed by atoms with Gasteiger partial charge in [-0.1, -0.05) is 11.6 Å². The Morgan fingerprint density at radius 3 is 2.50 bits per heavy atom. The maximum Gasteiger partial charge on any atom is 0.417 e. The Morgan fingerprint density at radius 1 is 1.18 bits per heavy atom. The SMILES string of the molecule is COc1ccc(C(O)CCC(=O)Nc2ccc(Cl)c(C(F)(F)F)c2)c(OC)c1. The molecule has 5 nitrogen and oxygen atoms in total. The lowest BCUT2D eigenvalue weighted by atomic mass is 10.0. The summed E-state index contributed by atoms with van der Waals surface area (Å²) in [6.07, 6.45) is -5.68. The number of carbonyl (C=O) groups excluding carboxylic acids is 1. The molecular formula is C19H19ClF3NO4. The highest BCUT2D eigenvalue weighted by Gasteiger charge is 2.33. The minimum Gasteiger partial charge on any atom is -0.497 e. The summed E-state index contributed by atoms with van der Waals surface area (Å²) in [6, 6.07) is 7.98. The number of aliphatic hydroxyl groups excluding tert-OH is 1. The van der Waals surface area contributed by atoms with E-state index in [1.165, 1.54) is 20.3 Å². The summed E-state index contributed by atoms with van der Waals surface area (Å²) in [7, 11) is 2.94. The largest absolute Gasteiger partial charge is 0.497 e. The van der Waals surface area contributed by atoms with Crippen molar-refractivity contribution in [1.82, 2.24) is 0 Å². The summed E-state index contributed by atoms with van der Waals surface area (Å²) >= 11 is 5.55. The molecular weight excluding hydrogens is 399 g/mol. The first-order valence-corrected chi connectivity index (χ1v) is 8.60. The summed E-state index contributed by atoms with van der Waals surface area (Å²) in [5.41, 5.74) is -0.588. The average molecular weight is 418 g/mol. The van der Waals surface area contributed by atoms with E-state index in [0.29, 0.717) is 17.1 Å². The van der Waals surface area contributed by atoms with Gasteiger partial charge in [0.25, 0.3) is 0 Å². The molecule has 2 N–H and O–H groups in total. The summed E-state index contributed by atoms with van der Waals surface area (Å²) in [6.45, 7) is 0. The number of ether oxygens (including phenoxy) is 2. The maximum absolute atomic E-state index is 12.9. The van der Waals surface area contributed by atoms with Crippen LogP contribution in [0.4, 0.5) is 18.9 Å². The molecule has 1 amide bonds. The Balaban J connectivity index is 2.01. The minimum absolute atomic E-state index is 0.0294. The van der Waals surface area contributed by atoms with Gasteiger partial charge in [-0.05, 0) is 36.8 Å². The van der Waals surface area contributed by atoms with Crippen molar-refractivity contribution in [2.24, 2.45) is 0 Å². The third-order valence-corrected chi connectivity index (χ3v) is 4.33. The third-order valence-electron chi connectivity index (χ3n) is 4.00. The van der Waals surface area contributed by atoms with Gasteiger partial charge in [0.2, 0.25) is 5.91 Å². The number of alkyl halides is 3. The van der Waals surface area contributed by atoms with Gasteiger partial charge in [0.05, 0.1) is 30.9 Å². The highest BCUT2D eigenvalue weighted by atomic mass is 35.5. The Kier molecular flexibility index (Phi) is 7.15. The molecule has 0 radical (unpaired) electrons. The van der Waals surface area contributed by atoms with Gasteiger partial charge < -0.3 is 19.9 Å². The maximum atomic E-state index is 12.9. The van der Waals surface area contributed by atoms with Crippen molar-refractivity contribution in [3.05, 3.63) is 52.5 Å². The van der Waals surface area contributed by atoms with Crippen molar-refractivity contribution < 1.29 is 32.5 Å². The minimum atomic E-state index is -4.63. The molecule has 1 unspecified atom stereocenters. The highest BCUT2D eigenvalue weighted by molar-refractivity contribution is 6.31. The van der Waals surface area contributed by atoms with Gasteiger partial charge in [-0.15, -0.1) is 0 Å². The van der Waals surface area contributed by atoms with Gasteiger partial charge in [0.15, 0.2) is 0 Å². The lowest BCUT2D eigenvalue weighted by Crippen LogP contribution is -2.14. The topological polar surface area (TPSA) is 67.8 Å². The normalized spacial score (nSPS) is 12.4. The van der Waals surface area contributed by atoms with Gasteiger partial charge in [0, 0.05) is 23.7 Å². The molecule has 152 valence electrons. The van der Waals surface area contributed by atoms with E-state index in [-0.39, 0.29) is 18.5 Å². The van der Waals surface area contributed by atoms with Crippen LogP contribution in [0.15, 0.2) is 36.4 Å². The van der Waals surface area contributed by atoms with Crippen LogP contribution in [-0.4, -0.2) is 25.2 Å². The van der Waals surface area contributed by atoms with E-state index >= 15 is 0 Å². The second kappa shape index (κ2) is 9.16. The van der Waals surface area contributed by atoms with Gasteiger partial charge in [-0.25, -0.2) is 0 Å². The van der Waals surface area contributed by atoms with Crippen LogP contribution in [0.2, 0.25) is 5.02 Å². The number of rotatable bonds is 7. The molecule has 0 saturated heterocycles. The summed E-state index contributed by atoms with van der Waals surface area (Å²) in [5, 5.41) is 12.3. The number of carbonyl (C=O) groups is 1. The summed E-state index contributed by atoms with van der Waals surface area (Å²) < 4.78 is 48.9. The number of methoxy groups -OCH3 is 2. The molecule has 0 fully saturated rings. The number of hydrogen-bond acceptors (Lipinski definition) is 4. The molecule has 9 heteroatoms. The Hall–Kier alpha value is -2.45. The molecule has 0 aliphatic carbocycles. The predicted octanol–water partition coefficient (Wildman–Crippen LogP) is 4.83. The number of anilines is 1. The van der Waals surface area contributed by atoms with E-state index in [1.54, 1.807) is 18.2 Å². The van der Waals surface area contributed by atoms with Crippen LogP contribution in [0, 0.1) is 0 Å². The molecule has 2 aromatic rings. The zero-order valence-electron chi connectivity index (χ0n) is 15.1. The van der Waals surface area contributed by atoms with E-state index in [4.69, 9.17) is 21.1 Å². The Morgan fingerprint density at radius 2 is 1.89 bits per heavy atom. The second-order valence-corrected chi connectivity index (χ2v) is 6.31. The van der Waals surface area contributed by atoms with Crippen LogP contribution < -0.4 is 14.8 Å². The van der Waals surface area contributed by atoms with Crippen LogP contribution >= 0.6 is 11.6 Å². The summed E-state index contributed by atoms with van der Waals surface area (Å²) in [5.74, 6) is 0.413. The van der Waals surface area contributed by atoms with Crippen molar-refractivity contribution in [3.63, 3.8) is 0 Å². The zero-order valence-corrected chi connectivity index (χ0v) is 15.9. The molecule has 2 aromatic carbocycles. The molecule has 2 rings (SSSR count). The van der Waals surface area contributed by atoms with Crippen LogP contribution in [0.1, 0.15) is 30.1 Å². The fraction of sp³-hybridized carbons (Fsp3) is 0.316. The van der Waals surface area contributed by atoms with E-state index in [1.807, 2.05) is 0 Å². The van der Waals surface area contributed by atoms with Crippen LogP contribution in [-0.2, 0) is 11.0 Å². The van der Waals surface area contributed by atoms with Crippen molar-refractivity contribution in [2.75, 3.05) is 19.5 Å². The van der Waals surface area contributed by atoms with E-state index in [2.05, 4.69) is 5.32 Å². The van der Waals surface area contributed by atoms with Gasteiger partial charge in [-0.3, -0.25) is 4.79 Å². The number of nitrogens with one attached hydrogen (secondary N) is 1. The second-order valence-electron chi connectivity index (χ2n) is 5.90. The van der Waals surface area contributed by atoms with Gasteiger partial charge in [-0.2, -0.15) is 13.2 Å². The van der Waals surface area contributed by atoms with E-state index < -0.39 is 28.8 Å². The lowest BCUT2D eigenvalue weighted by molar-refractivity contribution is -0.137. The molecule has 0 aromatic heterocycles. The first kappa shape index (κ1) is 21.8. The number of amides is 1. The van der Waals surface area contributed by atoms with Crippen molar-refractivity contribution >= 4 is 23.2 Å². The quantitative estimate of drug-likeness (QED) is 0.677. The fourth-order valence-corrected chi connectivity index (χ4v) is 2.79. The van der Waals surface area contributed by atoms with Crippen LogP contribution in [0.25, 0.3) is 0 Å². The molecule has 0 spiro atoms. The molecule has 1 atom stereocenters. The summed E-state index contributed by atoms with van der Waals surface area (Å²) in [4.78, 5) is 12.1. The number of hydrogen-bond donors (Lipinski definition) is 2. The lowest BCUT2D eigenvalue weighted by Gasteiger charge is -2.16. The third kappa shape index (κ3) is 5.53. The molecule has 0 aliphatic heterocycles. The standard InChI is InChI=1S/C19H19ClF3NO4/c1-27-12-4-5-13(17(10-12)28-2)16(25)7-8-18(26)24-11-3-6-15(20)14(9-11)19(21,22)23/h3-6,9-10,16,25H,7-8H2,1-2H3,(H,24,26). The molecule has 0 heterocycles. The fourth-order valence-electron chi connectivity index (χ4n) is 2.56. The first-order chi connectivity index (χ1) is 13.2. The molecule has 0 aliphatic rings.